The van der Waals surface area contributed by atoms with Gasteiger partial charge in [-0.15, -0.1) is 0 Å². The molecule has 32 heavy (non-hydrogen) atoms. The molecular formula is C23H23Cl2FN2O4. The van der Waals surface area contributed by atoms with Crippen molar-refractivity contribution in [2.24, 2.45) is 0 Å². The molecule has 2 aromatic carbocycles. The normalized spacial score (nSPS) is 14.0. The first kappa shape index (κ1) is 23.9. The molecule has 2 amide bonds. The van der Waals surface area contributed by atoms with E-state index in [2.05, 4.69) is 0 Å². The van der Waals surface area contributed by atoms with Crippen LogP contribution in [0.1, 0.15) is 22.8 Å². The highest BCUT2D eigenvalue weighted by Crippen LogP contribution is 2.36. The van der Waals surface area contributed by atoms with E-state index >= 15 is 0 Å². The molecule has 0 N–H and O–H groups in total. The van der Waals surface area contributed by atoms with E-state index in [9.17, 15) is 14.0 Å². The first-order chi connectivity index (χ1) is 15.3. The number of amides is 2. The van der Waals surface area contributed by atoms with E-state index < -0.39 is 11.7 Å². The second-order valence-corrected chi connectivity index (χ2v) is 7.89. The van der Waals surface area contributed by atoms with Crippen molar-refractivity contribution < 1.29 is 23.5 Å². The van der Waals surface area contributed by atoms with Gasteiger partial charge < -0.3 is 19.3 Å². The predicted molar refractivity (Wildman–Crippen MR) is 122 cm³/mol. The Hall–Kier alpha value is -2.77. The summed E-state index contributed by atoms with van der Waals surface area (Å²) in [5, 5.41) is 0.672. The fraction of sp³-hybridized carbons (Fsp3) is 0.304. The van der Waals surface area contributed by atoms with Crippen molar-refractivity contribution in [2.75, 3.05) is 39.9 Å². The van der Waals surface area contributed by atoms with Crippen LogP contribution in [-0.4, -0.2) is 61.5 Å². The van der Waals surface area contributed by atoms with E-state index in [-0.39, 0.29) is 11.5 Å². The van der Waals surface area contributed by atoms with Crippen LogP contribution in [0.4, 0.5) is 4.39 Å². The van der Waals surface area contributed by atoms with Crippen LogP contribution in [0.25, 0.3) is 6.08 Å². The van der Waals surface area contributed by atoms with Gasteiger partial charge in [-0.1, -0.05) is 23.2 Å². The summed E-state index contributed by atoms with van der Waals surface area (Å²) in [5.41, 5.74) is 0.622. The topological polar surface area (TPSA) is 59.1 Å². The minimum absolute atomic E-state index is 0.0707. The van der Waals surface area contributed by atoms with Gasteiger partial charge in [0, 0.05) is 37.3 Å². The van der Waals surface area contributed by atoms with E-state index in [4.69, 9.17) is 32.7 Å². The molecular weight excluding hydrogens is 458 g/mol. The highest BCUT2D eigenvalue weighted by molar-refractivity contribution is 6.32. The maximum atomic E-state index is 14.0. The Morgan fingerprint density at radius 2 is 1.78 bits per heavy atom. The number of piperazine rings is 1. The molecule has 0 unspecified atom stereocenters. The third kappa shape index (κ3) is 5.53. The third-order valence-corrected chi connectivity index (χ3v) is 5.51. The summed E-state index contributed by atoms with van der Waals surface area (Å²) in [7, 11) is 1.51. The SMILES string of the molecule is CCOc1cc(/C=C/C(=O)N2CCN(C(=O)c3cc(Cl)ccc3F)CC2)cc(Cl)c1OC. The van der Waals surface area contributed by atoms with Crippen molar-refractivity contribution >= 4 is 41.1 Å². The molecule has 0 atom stereocenters. The minimum Gasteiger partial charge on any atom is -0.491 e. The Kier molecular flexibility index (Phi) is 7.99. The maximum absolute atomic E-state index is 14.0. The van der Waals surface area contributed by atoms with Crippen LogP contribution in [0.3, 0.4) is 0 Å². The van der Waals surface area contributed by atoms with Gasteiger partial charge in [-0.2, -0.15) is 0 Å². The fourth-order valence-corrected chi connectivity index (χ4v) is 3.85. The number of ether oxygens (including phenoxy) is 2. The molecule has 0 aromatic heterocycles. The van der Waals surface area contributed by atoms with Crippen molar-refractivity contribution in [1.82, 2.24) is 9.80 Å². The van der Waals surface area contributed by atoms with Gasteiger partial charge in [0.1, 0.15) is 5.82 Å². The summed E-state index contributed by atoms with van der Waals surface area (Å²) in [6.45, 7) is 3.57. The second-order valence-electron chi connectivity index (χ2n) is 7.04. The Balaban J connectivity index is 1.63. The lowest BCUT2D eigenvalue weighted by Gasteiger charge is -2.34. The second kappa shape index (κ2) is 10.7. The molecule has 1 saturated heterocycles. The molecule has 0 radical (unpaired) electrons. The first-order valence-corrected chi connectivity index (χ1v) is 10.8. The smallest absolute Gasteiger partial charge is 0.257 e. The van der Waals surface area contributed by atoms with E-state index in [0.717, 1.165) is 0 Å². The summed E-state index contributed by atoms with van der Waals surface area (Å²) in [5.74, 6) is -0.325. The van der Waals surface area contributed by atoms with Gasteiger partial charge in [-0.3, -0.25) is 9.59 Å². The van der Waals surface area contributed by atoms with Crippen molar-refractivity contribution in [3.05, 3.63) is 63.4 Å². The largest absolute Gasteiger partial charge is 0.491 e. The summed E-state index contributed by atoms with van der Waals surface area (Å²) < 4.78 is 24.8. The number of carbonyl (C=O) groups is 2. The van der Waals surface area contributed by atoms with Crippen molar-refractivity contribution in [2.45, 2.75) is 6.92 Å². The number of carbonyl (C=O) groups excluding carboxylic acids is 2. The molecule has 1 heterocycles. The van der Waals surface area contributed by atoms with E-state index in [1.54, 1.807) is 23.1 Å². The van der Waals surface area contributed by atoms with E-state index in [1.807, 2.05) is 6.92 Å². The number of hydrogen-bond acceptors (Lipinski definition) is 4. The van der Waals surface area contributed by atoms with Gasteiger partial charge in [0.15, 0.2) is 11.5 Å². The van der Waals surface area contributed by atoms with Gasteiger partial charge in [0.2, 0.25) is 5.91 Å². The van der Waals surface area contributed by atoms with E-state index in [0.29, 0.717) is 59.9 Å². The van der Waals surface area contributed by atoms with Crippen molar-refractivity contribution in [3.8, 4) is 11.5 Å². The Labute approximate surface area is 196 Å². The molecule has 1 aliphatic rings. The summed E-state index contributed by atoms with van der Waals surface area (Å²) in [4.78, 5) is 28.4. The highest BCUT2D eigenvalue weighted by atomic mass is 35.5. The Morgan fingerprint density at radius 1 is 1.09 bits per heavy atom. The number of rotatable bonds is 6. The lowest BCUT2D eigenvalue weighted by atomic mass is 10.1. The van der Waals surface area contributed by atoms with Gasteiger partial charge in [-0.05, 0) is 48.9 Å². The number of nitrogens with zero attached hydrogens (tertiary/aromatic N) is 2. The van der Waals surface area contributed by atoms with Gasteiger partial charge >= 0.3 is 0 Å². The molecule has 6 nitrogen and oxygen atoms in total. The molecule has 2 aromatic rings. The van der Waals surface area contributed by atoms with Crippen LogP contribution in [0, 0.1) is 5.82 Å². The minimum atomic E-state index is -0.620. The zero-order chi connectivity index (χ0) is 23.3. The van der Waals surface area contributed by atoms with Gasteiger partial charge in [-0.25, -0.2) is 4.39 Å². The van der Waals surface area contributed by atoms with Gasteiger partial charge in [0.05, 0.1) is 24.3 Å². The Morgan fingerprint density at radius 3 is 2.44 bits per heavy atom. The van der Waals surface area contributed by atoms with Crippen LogP contribution < -0.4 is 9.47 Å². The van der Waals surface area contributed by atoms with Crippen LogP contribution in [0.15, 0.2) is 36.4 Å². The van der Waals surface area contributed by atoms with Crippen LogP contribution >= 0.6 is 23.2 Å². The molecule has 0 aliphatic carbocycles. The lowest BCUT2D eigenvalue weighted by Crippen LogP contribution is -2.50. The number of hydrogen-bond donors (Lipinski definition) is 0. The molecule has 170 valence electrons. The monoisotopic (exact) mass is 480 g/mol. The average molecular weight is 481 g/mol. The molecule has 0 saturated carbocycles. The van der Waals surface area contributed by atoms with Gasteiger partial charge in [0.25, 0.3) is 5.91 Å². The first-order valence-electron chi connectivity index (χ1n) is 10.1. The fourth-order valence-electron chi connectivity index (χ4n) is 3.38. The zero-order valence-electron chi connectivity index (χ0n) is 17.7. The highest BCUT2D eigenvalue weighted by Gasteiger charge is 2.25. The summed E-state index contributed by atoms with van der Waals surface area (Å²) in [6.07, 6.45) is 3.09. The number of halogens is 3. The number of benzene rings is 2. The predicted octanol–water partition coefficient (Wildman–Crippen LogP) is 4.54. The quantitative estimate of drug-likeness (QED) is 0.569. The molecule has 1 fully saturated rings. The summed E-state index contributed by atoms with van der Waals surface area (Å²) >= 11 is 12.1. The molecule has 9 heteroatoms. The third-order valence-electron chi connectivity index (χ3n) is 4.99. The van der Waals surface area contributed by atoms with Crippen LogP contribution in [0.2, 0.25) is 10.0 Å². The van der Waals surface area contributed by atoms with Crippen LogP contribution in [0.5, 0.6) is 11.5 Å². The lowest BCUT2D eigenvalue weighted by molar-refractivity contribution is -0.127. The molecule has 1 aliphatic heterocycles. The number of methoxy groups -OCH3 is 1. The molecule has 3 rings (SSSR count). The average Bonchev–Trinajstić information content (AvgIpc) is 2.79. The van der Waals surface area contributed by atoms with Crippen LogP contribution in [-0.2, 0) is 4.79 Å². The van der Waals surface area contributed by atoms with Crippen molar-refractivity contribution in [3.63, 3.8) is 0 Å². The maximum Gasteiger partial charge on any atom is 0.257 e. The van der Waals surface area contributed by atoms with Crippen molar-refractivity contribution in [1.29, 1.82) is 0 Å². The molecule has 0 bridgehead atoms. The Bertz CT molecular complexity index is 1040. The zero-order valence-corrected chi connectivity index (χ0v) is 19.3. The molecule has 0 spiro atoms. The summed E-state index contributed by atoms with van der Waals surface area (Å²) in [6, 6.07) is 7.30. The standard InChI is InChI=1S/C23H23Cl2FN2O4/c1-3-32-20-13-15(12-18(25)22(20)31-2)4-7-21(29)27-8-10-28(11-9-27)23(30)17-14-16(24)5-6-19(17)26/h4-7,12-14H,3,8-11H2,1-2H3/b7-4+. The van der Waals surface area contributed by atoms with E-state index in [1.165, 1.54) is 36.3 Å².